The van der Waals surface area contributed by atoms with Crippen LogP contribution in [0, 0.1) is 12.0 Å². The van der Waals surface area contributed by atoms with Crippen molar-refractivity contribution in [3.05, 3.63) is 6.54 Å². The summed E-state index contributed by atoms with van der Waals surface area (Å²) in [5.41, 5.74) is 0.364. The third-order valence-electron chi connectivity index (χ3n) is 5.00. The van der Waals surface area contributed by atoms with E-state index < -0.39 is 0 Å². The van der Waals surface area contributed by atoms with E-state index >= 15 is 0 Å². The summed E-state index contributed by atoms with van der Waals surface area (Å²) >= 11 is 0. The van der Waals surface area contributed by atoms with Crippen LogP contribution in [0.25, 0.3) is 0 Å². The lowest BCUT2D eigenvalue weighted by atomic mass is 9.74. The maximum Gasteiger partial charge on any atom is 0.327 e. The number of rotatable bonds is 10. The van der Waals surface area contributed by atoms with Crippen LogP contribution in [0.15, 0.2) is 0 Å². The third kappa shape index (κ3) is 4.45. The lowest BCUT2D eigenvalue weighted by Gasteiger charge is -2.32. The highest BCUT2D eigenvalue weighted by Gasteiger charge is 2.35. The Morgan fingerprint density at radius 3 is 2.24 bits per heavy atom. The Labute approximate surface area is 129 Å². The second kappa shape index (κ2) is 8.40. The van der Waals surface area contributed by atoms with Crippen LogP contribution in [0.1, 0.15) is 72.6 Å². The predicted molar refractivity (Wildman–Crippen MR) is 85.6 cm³/mol. The third-order valence-corrected chi connectivity index (χ3v) is 5.00. The van der Waals surface area contributed by atoms with Gasteiger partial charge in [0.05, 0.1) is 6.54 Å². The van der Waals surface area contributed by atoms with Gasteiger partial charge >= 0.3 is 6.03 Å². The first-order chi connectivity index (χ1) is 10.0. The van der Waals surface area contributed by atoms with E-state index in [2.05, 4.69) is 20.8 Å². The molecule has 0 aliphatic carbocycles. The molecule has 0 saturated carbocycles. The van der Waals surface area contributed by atoms with Gasteiger partial charge in [-0.3, -0.25) is 9.69 Å². The highest BCUT2D eigenvalue weighted by Crippen LogP contribution is 2.38. The van der Waals surface area contributed by atoms with Gasteiger partial charge in [0.15, 0.2) is 0 Å². The van der Waals surface area contributed by atoms with E-state index in [1.54, 1.807) is 4.90 Å². The molecule has 0 unspecified atom stereocenters. The Morgan fingerprint density at radius 1 is 1.10 bits per heavy atom. The first-order valence-electron chi connectivity index (χ1n) is 8.47. The number of hydrogen-bond acceptors (Lipinski definition) is 2. The summed E-state index contributed by atoms with van der Waals surface area (Å²) < 4.78 is 0. The molecule has 0 atom stereocenters. The molecule has 0 bridgehead atoms. The van der Waals surface area contributed by atoms with Crippen LogP contribution < -0.4 is 0 Å². The van der Waals surface area contributed by atoms with Crippen LogP contribution in [0.3, 0.4) is 0 Å². The molecule has 1 radical (unpaired) electrons. The Morgan fingerprint density at radius 2 is 1.76 bits per heavy atom. The van der Waals surface area contributed by atoms with Crippen molar-refractivity contribution in [2.24, 2.45) is 5.41 Å². The van der Waals surface area contributed by atoms with Gasteiger partial charge in [-0.15, -0.1) is 0 Å². The standard InChI is InChI=1S/C17H31N2O2/c1-5-9-11-17(6-2,7-3)12-10-13-19-15(20)14-18(8-4)16(19)21/h13H,5-12,14H2,1-4H3. The second-order valence-electron chi connectivity index (χ2n) is 6.09. The van der Waals surface area contributed by atoms with E-state index in [9.17, 15) is 9.59 Å². The first kappa shape index (κ1) is 18.0. The van der Waals surface area contributed by atoms with Gasteiger partial charge in [0.2, 0.25) is 0 Å². The van der Waals surface area contributed by atoms with Gasteiger partial charge in [-0.2, -0.15) is 0 Å². The van der Waals surface area contributed by atoms with E-state index in [1.165, 1.54) is 37.0 Å². The van der Waals surface area contributed by atoms with Crippen LogP contribution in [-0.2, 0) is 4.79 Å². The van der Waals surface area contributed by atoms with Crippen LogP contribution in [0.5, 0.6) is 0 Å². The van der Waals surface area contributed by atoms with E-state index in [-0.39, 0.29) is 18.5 Å². The van der Waals surface area contributed by atoms with Crippen LogP contribution in [0.4, 0.5) is 4.79 Å². The van der Waals surface area contributed by atoms with Crippen molar-refractivity contribution in [3.8, 4) is 0 Å². The van der Waals surface area contributed by atoms with Crippen molar-refractivity contribution in [1.29, 1.82) is 0 Å². The van der Waals surface area contributed by atoms with E-state index in [1.807, 2.05) is 13.5 Å². The molecule has 1 aliphatic heterocycles. The van der Waals surface area contributed by atoms with Gasteiger partial charge in [-0.1, -0.05) is 46.5 Å². The molecule has 121 valence electrons. The Balaban J connectivity index is 2.50. The molecular weight excluding hydrogens is 264 g/mol. The first-order valence-corrected chi connectivity index (χ1v) is 8.47. The molecule has 1 aliphatic rings. The van der Waals surface area contributed by atoms with Crippen molar-refractivity contribution in [1.82, 2.24) is 9.80 Å². The van der Waals surface area contributed by atoms with Crippen molar-refractivity contribution in [2.75, 3.05) is 13.1 Å². The number of amides is 3. The molecule has 0 aromatic rings. The van der Waals surface area contributed by atoms with Gasteiger partial charge in [0.1, 0.15) is 6.54 Å². The minimum atomic E-state index is -0.158. The number of carbonyl (C=O) groups is 2. The van der Waals surface area contributed by atoms with Gasteiger partial charge in [-0.25, -0.2) is 4.79 Å². The molecule has 3 amide bonds. The quantitative estimate of drug-likeness (QED) is 0.566. The average molecular weight is 295 g/mol. The molecule has 1 heterocycles. The highest BCUT2D eigenvalue weighted by molar-refractivity contribution is 6.02. The van der Waals surface area contributed by atoms with Gasteiger partial charge in [0, 0.05) is 6.54 Å². The lowest BCUT2D eigenvalue weighted by Crippen LogP contribution is -2.31. The fourth-order valence-electron chi connectivity index (χ4n) is 3.13. The topological polar surface area (TPSA) is 40.6 Å². The van der Waals surface area contributed by atoms with Crippen LogP contribution in [-0.4, -0.2) is 34.8 Å². The van der Waals surface area contributed by atoms with Crippen LogP contribution in [0.2, 0.25) is 0 Å². The van der Waals surface area contributed by atoms with Crippen LogP contribution >= 0.6 is 0 Å². The van der Waals surface area contributed by atoms with Gasteiger partial charge < -0.3 is 4.90 Å². The molecule has 0 aromatic heterocycles. The number of nitrogens with zero attached hydrogens (tertiary/aromatic N) is 2. The minimum absolute atomic E-state index is 0.0889. The van der Waals surface area contributed by atoms with Crippen molar-refractivity contribution >= 4 is 11.9 Å². The summed E-state index contributed by atoms with van der Waals surface area (Å²) in [6.45, 7) is 11.3. The summed E-state index contributed by atoms with van der Waals surface area (Å²) in [7, 11) is 0. The summed E-state index contributed by atoms with van der Waals surface area (Å²) in [5.74, 6) is -0.0889. The fraction of sp³-hybridized carbons (Fsp3) is 0.824. The Bertz CT molecular complexity index is 351. The minimum Gasteiger partial charge on any atom is -0.315 e. The summed E-state index contributed by atoms with van der Waals surface area (Å²) in [6, 6.07) is -0.158. The molecule has 21 heavy (non-hydrogen) atoms. The zero-order valence-electron chi connectivity index (χ0n) is 14.2. The predicted octanol–water partition coefficient (Wildman–Crippen LogP) is 4.21. The zero-order chi connectivity index (χ0) is 15.9. The number of hydrogen-bond donors (Lipinski definition) is 0. The summed E-state index contributed by atoms with van der Waals surface area (Å²) in [4.78, 5) is 26.8. The summed E-state index contributed by atoms with van der Waals surface area (Å²) in [6.07, 6.45) is 7.92. The molecule has 1 saturated heterocycles. The Hall–Kier alpha value is -1.06. The highest BCUT2D eigenvalue weighted by atomic mass is 16.2. The van der Waals surface area contributed by atoms with Gasteiger partial charge in [0.25, 0.3) is 5.91 Å². The maximum absolute atomic E-state index is 12.0. The molecule has 0 aromatic carbocycles. The average Bonchev–Trinajstić information content (AvgIpc) is 2.78. The second-order valence-corrected chi connectivity index (χ2v) is 6.09. The molecule has 0 spiro atoms. The molecule has 0 N–H and O–H groups in total. The smallest absolute Gasteiger partial charge is 0.315 e. The van der Waals surface area contributed by atoms with Crippen molar-refractivity contribution in [3.63, 3.8) is 0 Å². The fourth-order valence-corrected chi connectivity index (χ4v) is 3.13. The monoisotopic (exact) mass is 295 g/mol. The SMILES string of the molecule is CCCCC(CC)(CC)CC[CH]N1C(=O)CN(CC)C1=O. The molecule has 4 nitrogen and oxygen atoms in total. The molecule has 4 heteroatoms. The van der Waals surface area contributed by atoms with Gasteiger partial charge in [-0.05, 0) is 31.6 Å². The number of urea groups is 1. The van der Waals surface area contributed by atoms with E-state index in [0.29, 0.717) is 12.0 Å². The number of likely N-dealkylation sites (N-methyl/N-ethyl adjacent to an activating group) is 1. The van der Waals surface area contributed by atoms with Crippen molar-refractivity contribution in [2.45, 2.75) is 72.6 Å². The number of unbranched alkanes of at least 4 members (excludes halogenated alkanes) is 1. The lowest BCUT2D eigenvalue weighted by molar-refractivity contribution is -0.124. The van der Waals surface area contributed by atoms with E-state index in [4.69, 9.17) is 0 Å². The molecule has 1 fully saturated rings. The normalized spacial score (nSPS) is 16.2. The van der Waals surface area contributed by atoms with E-state index in [0.717, 1.165) is 12.8 Å². The molecule has 1 rings (SSSR count). The van der Waals surface area contributed by atoms with Crippen molar-refractivity contribution < 1.29 is 9.59 Å². The number of imide groups is 1. The maximum atomic E-state index is 12.0. The Kier molecular flexibility index (Phi) is 7.20. The summed E-state index contributed by atoms with van der Waals surface area (Å²) in [5, 5.41) is 0. The number of carbonyl (C=O) groups excluding carboxylic acids is 2. The largest absolute Gasteiger partial charge is 0.327 e. The molecular formula is C17H31N2O2. The zero-order valence-corrected chi connectivity index (χ0v) is 14.2.